The number of rotatable bonds is 2. The van der Waals surface area contributed by atoms with Crippen LogP contribution >= 0.6 is 0 Å². The second kappa shape index (κ2) is 6.91. The maximum Gasteiger partial charge on any atom is 0.250 e. The third-order valence-corrected chi connectivity index (χ3v) is 1.76. The maximum absolute atomic E-state index is 10.4. The van der Waals surface area contributed by atoms with Gasteiger partial charge in [0, 0.05) is 18.6 Å². The van der Waals surface area contributed by atoms with Crippen molar-refractivity contribution in [1.82, 2.24) is 9.97 Å². The number of pyridine rings is 2. The van der Waals surface area contributed by atoms with Crippen LogP contribution in [0.15, 0.2) is 48.9 Å². The molecule has 0 saturated carbocycles. The topological polar surface area (TPSA) is 107 Å². The molecule has 0 aromatic carbocycles. The van der Waals surface area contributed by atoms with Gasteiger partial charge in [0.05, 0.1) is 5.56 Å². The first-order valence-electron chi connectivity index (χ1n) is 4.81. The number of nitrogens with one attached hydrogen (secondary N) is 1. The molecule has 2 heterocycles. The number of nitrogens with zero attached hydrogens (tertiary/aromatic N) is 2. The van der Waals surface area contributed by atoms with Gasteiger partial charge in [-0.05, 0) is 24.3 Å². The Bertz CT molecular complexity index is 446. The number of anilines is 1. The first-order valence-corrected chi connectivity index (χ1v) is 4.81. The van der Waals surface area contributed by atoms with Gasteiger partial charge in [0.2, 0.25) is 5.91 Å². The third-order valence-electron chi connectivity index (χ3n) is 1.76. The van der Waals surface area contributed by atoms with Crippen LogP contribution in [0.25, 0.3) is 0 Å². The highest BCUT2D eigenvalue weighted by atomic mass is 16.1. The molecule has 0 unspecified atom stereocenters. The first kappa shape index (κ1) is 12.6. The SMILES string of the molecule is NC(=O)c1cccnc1.NNc1ccccn1. The fourth-order valence-corrected chi connectivity index (χ4v) is 0.957. The minimum atomic E-state index is -0.442. The summed E-state index contributed by atoms with van der Waals surface area (Å²) in [4.78, 5) is 17.9. The summed E-state index contributed by atoms with van der Waals surface area (Å²) in [7, 11) is 0. The monoisotopic (exact) mass is 231 g/mol. The van der Waals surface area contributed by atoms with Crippen molar-refractivity contribution >= 4 is 11.7 Å². The molecule has 0 spiro atoms. The average molecular weight is 231 g/mol. The Kier molecular flexibility index (Phi) is 5.12. The number of nitrogens with two attached hydrogens (primary N) is 2. The molecule has 0 aliphatic rings. The van der Waals surface area contributed by atoms with E-state index in [4.69, 9.17) is 11.6 Å². The van der Waals surface area contributed by atoms with Crippen LogP contribution in [0.4, 0.5) is 5.82 Å². The van der Waals surface area contributed by atoms with Crippen LogP contribution in [-0.4, -0.2) is 15.9 Å². The van der Waals surface area contributed by atoms with E-state index in [0.717, 1.165) is 0 Å². The van der Waals surface area contributed by atoms with E-state index in [1.54, 1.807) is 30.6 Å². The number of carbonyl (C=O) groups is 1. The molecule has 0 bridgehead atoms. The van der Waals surface area contributed by atoms with Crippen molar-refractivity contribution < 1.29 is 4.79 Å². The van der Waals surface area contributed by atoms with E-state index < -0.39 is 5.91 Å². The molecule has 0 aliphatic carbocycles. The van der Waals surface area contributed by atoms with Gasteiger partial charge in [-0.2, -0.15) is 0 Å². The van der Waals surface area contributed by atoms with E-state index in [-0.39, 0.29) is 0 Å². The maximum atomic E-state index is 10.4. The zero-order valence-electron chi connectivity index (χ0n) is 9.08. The lowest BCUT2D eigenvalue weighted by molar-refractivity contribution is 0.1000. The quantitative estimate of drug-likeness (QED) is 0.516. The Labute approximate surface area is 98.7 Å². The van der Waals surface area contributed by atoms with Gasteiger partial charge >= 0.3 is 0 Å². The summed E-state index contributed by atoms with van der Waals surface area (Å²) in [6.45, 7) is 0. The van der Waals surface area contributed by atoms with Gasteiger partial charge in [-0.3, -0.25) is 9.78 Å². The number of hydrazine groups is 1. The van der Waals surface area contributed by atoms with Gasteiger partial charge < -0.3 is 11.2 Å². The van der Waals surface area contributed by atoms with Crippen molar-refractivity contribution in [2.24, 2.45) is 11.6 Å². The Balaban J connectivity index is 0.000000171. The smallest absolute Gasteiger partial charge is 0.250 e. The van der Waals surface area contributed by atoms with Gasteiger partial charge in [-0.25, -0.2) is 10.8 Å². The number of amides is 1. The molecule has 0 atom stereocenters. The van der Waals surface area contributed by atoms with E-state index >= 15 is 0 Å². The predicted octanol–water partition coefficient (Wildman–Crippen LogP) is 0.548. The zero-order valence-corrected chi connectivity index (χ0v) is 9.08. The molecule has 0 aliphatic heterocycles. The predicted molar refractivity (Wildman–Crippen MR) is 64.8 cm³/mol. The van der Waals surface area contributed by atoms with Crippen molar-refractivity contribution in [3.05, 3.63) is 54.5 Å². The van der Waals surface area contributed by atoms with Crippen molar-refractivity contribution in [1.29, 1.82) is 0 Å². The van der Waals surface area contributed by atoms with Crippen LogP contribution in [0, 0.1) is 0 Å². The molecule has 0 fully saturated rings. The van der Waals surface area contributed by atoms with E-state index in [9.17, 15) is 4.79 Å². The molecule has 2 aromatic rings. The molecule has 88 valence electrons. The molecule has 1 amide bonds. The van der Waals surface area contributed by atoms with Crippen molar-refractivity contribution in [2.45, 2.75) is 0 Å². The highest BCUT2D eigenvalue weighted by molar-refractivity contribution is 5.92. The summed E-state index contributed by atoms with van der Waals surface area (Å²) in [5.74, 6) is 5.28. The van der Waals surface area contributed by atoms with E-state index in [1.807, 2.05) is 12.1 Å². The Morgan fingerprint density at radius 2 is 2.00 bits per heavy atom. The van der Waals surface area contributed by atoms with Gasteiger partial charge in [0.1, 0.15) is 5.82 Å². The lowest BCUT2D eigenvalue weighted by Crippen LogP contribution is -2.10. The summed E-state index contributed by atoms with van der Waals surface area (Å²) >= 11 is 0. The first-order chi connectivity index (χ1) is 8.24. The van der Waals surface area contributed by atoms with Crippen LogP contribution < -0.4 is 17.0 Å². The van der Waals surface area contributed by atoms with Gasteiger partial charge in [-0.15, -0.1) is 0 Å². The lowest BCUT2D eigenvalue weighted by Gasteiger charge is -1.92. The standard InChI is InChI=1S/C6H6N2O.C5H7N3/c7-6(9)5-2-1-3-8-4-5;6-8-5-3-1-2-4-7-5/h1-4H,(H2,7,9);1-4H,6H2,(H,7,8). The Morgan fingerprint density at radius 3 is 2.35 bits per heavy atom. The summed E-state index contributed by atoms with van der Waals surface area (Å²) in [6.07, 6.45) is 4.70. The Hall–Kier alpha value is -2.47. The van der Waals surface area contributed by atoms with E-state index in [2.05, 4.69) is 15.4 Å². The number of aromatic nitrogens is 2. The molecule has 6 heteroatoms. The van der Waals surface area contributed by atoms with E-state index in [1.165, 1.54) is 6.20 Å². The van der Waals surface area contributed by atoms with Crippen molar-refractivity contribution in [2.75, 3.05) is 5.43 Å². The second-order valence-corrected chi connectivity index (χ2v) is 2.97. The summed E-state index contributed by atoms with van der Waals surface area (Å²) in [5, 5.41) is 0. The average Bonchev–Trinajstić information content (AvgIpc) is 2.41. The number of hydrogen-bond donors (Lipinski definition) is 3. The van der Waals surface area contributed by atoms with Crippen LogP contribution in [0.5, 0.6) is 0 Å². The normalized spacial score (nSPS) is 8.76. The minimum absolute atomic E-state index is 0.442. The highest BCUT2D eigenvalue weighted by Crippen LogP contribution is 1.94. The minimum Gasteiger partial charge on any atom is -0.366 e. The molecule has 2 rings (SSSR count). The number of hydrogen-bond acceptors (Lipinski definition) is 5. The number of carbonyl (C=O) groups excluding carboxylic acids is 1. The summed E-state index contributed by atoms with van der Waals surface area (Å²) in [6, 6.07) is 8.78. The van der Waals surface area contributed by atoms with Gasteiger partial charge in [0.15, 0.2) is 0 Å². The van der Waals surface area contributed by atoms with Crippen LogP contribution in [-0.2, 0) is 0 Å². The largest absolute Gasteiger partial charge is 0.366 e. The molecule has 0 saturated heterocycles. The molecule has 6 nitrogen and oxygen atoms in total. The fourth-order valence-electron chi connectivity index (χ4n) is 0.957. The van der Waals surface area contributed by atoms with Crippen LogP contribution in [0.3, 0.4) is 0 Å². The summed E-state index contributed by atoms with van der Waals surface area (Å²) in [5.41, 5.74) is 7.79. The van der Waals surface area contributed by atoms with E-state index in [0.29, 0.717) is 11.4 Å². The zero-order chi connectivity index (χ0) is 12.5. The lowest BCUT2D eigenvalue weighted by atomic mass is 10.3. The Morgan fingerprint density at radius 1 is 1.18 bits per heavy atom. The summed E-state index contributed by atoms with van der Waals surface area (Å²) < 4.78 is 0. The number of primary amides is 1. The van der Waals surface area contributed by atoms with Crippen LogP contribution in [0.2, 0.25) is 0 Å². The third kappa shape index (κ3) is 4.72. The molecule has 0 radical (unpaired) electrons. The fraction of sp³-hybridized carbons (Fsp3) is 0. The second-order valence-electron chi connectivity index (χ2n) is 2.97. The van der Waals surface area contributed by atoms with Gasteiger partial charge in [0.25, 0.3) is 0 Å². The molecule has 2 aromatic heterocycles. The van der Waals surface area contributed by atoms with Crippen molar-refractivity contribution in [3.63, 3.8) is 0 Å². The van der Waals surface area contributed by atoms with Crippen molar-refractivity contribution in [3.8, 4) is 0 Å². The highest BCUT2D eigenvalue weighted by Gasteiger charge is 1.94. The van der Waals surface area contributed by atoms with Crippen LogP contribution in [0.1, 0.15) is 10.4 Å². The molecular weight excluding hydrogens is 218 g/mol. The molecule has 17 heavy (non-hydrogen) atoms. The van der Waals surface area contributed by atoms with Gasteiger partial charge in [-0.1, -0.05) is 6.07 Å². The number of nitrogen functional groups attached to an aromatic ring is 1. The molecule has 5 N–H and O–H groups in total. The molecular formula is C11H13N5O.